The third-order valence-electron chi connectivity index (χ3n) is 4.27. The summed E-state index contributed by atoms with van der Waals surface area (Å²) in [4.78, 5) is 27.0. The van der Waals surface area contributed by atoms with Gasteiger partial charge < -0.3 is 9.64 Å². The number of nitrogens with zero attached hydrogens (tertiary/aromatic N) is 1. The number of hydrogen-bond acceptors (Lipinski definition) is 4. The van der Waals surface area contributed by atoms with E-state index < -0.39 is 0 Å². The normalized spacial score (nSPS) is 18.6. The Balaban J connectivity index is 1.99. The quantitative estimate of drug-likeness (QED) is 0.573. The molecule has 23 heavy (non-hydrogen) atoms. The van der Waals surface area contributed by atoms with Crippen molar-refractivity contribution in [1.29, 1.82) is 0 Å². The number of nitrogens with one attached hydrogen (secondary N) is 1. The van der Waals surface area contributed by atoms with E-state index in [1.807, 2.05) is 6.92 Å². The van der Waals surface area contributed by atoms with Crippen molar-refractivity contribution < 1.29 is 14.3 Å². The fraction of sp³-hybridized carbons (Fsp3) is 0.647. The van der Waals surface area contributed by atoms with Crippen LogP contribution in [0.2, 0.25) is 0 Å². The third kappa shape index (κ3) is 4.61. The van der Waals surface area contributed by atoms with Crippen LogP contribution in [0.1, 0.15) is 45.4 Å². The van der Waals surface area contributed by atoms with Gasteiger partial charge in [0.1, 0.15) is 0 Å². The summed E-state index contributed by atoms with van der Waals surface area (Å²) in [5, 5.41) is 0. The molecule has 0 aromatic rings. The highest BCUT2D eigenvalue weighted by atomic mass is 32.2. The minimum absolute atomic E-state index is 0.00631. The Morgan fingerprint density at radius 1 is 1.35 bits per heavy atom. The van der Waals surface area contributed by atoms with Crippen LogP contribution in [-0.2, 0) is 14.3 Å². The van der Waals surface area contributed by atoms with E-state index in [0.29, 0.717) is 25.1 Å². The number of allylic oxidation sites excluding steroid dienone is 1. The molecule has 128 valence electrons. The van der Waals surface area contributed by atoms with Crippen LogP contribution in [0, 0.1) is 0 Å². The van der Waals surface area contributed by atoms with Crippen LogP contribution < -0.4 is 4.72 Å². The Hall–Kier alpha value is -1.27. The van der Waals surface area contributed by atoms with Crippen LogP contribution in [0.5, 0.6) is 0 Å². The number of amides is 2. The van der Waals surface area contributed by atoms with Gasteiger partial charge in [-0.1, -0.05) is 13.5 Å². The molecular weight excluding hydrogens is 312 g/mol. The van der Waals surface area contributed by atoms with Gasteiger partial charge in [0.05, 0.1) is 6.10 Å². The Morgan fingerprint density at radius 3 is 2.70 bits per heavy atom. The average molecular weight is 338 g/mol. The number of carbonyl (C=O) groups excluding carboxylic acids is 2. The summed E-state index contributed by atoms with van der Waals surface area (Å²) in [6.45, 7) is 7.28. The van der Waals surface area contributed by atoms with E-state index in [9.17, 15) is 9.59 Å². The zero-order chi connectivity index (χ0) is 16.8. The summed E-state index contributed by atoms with van der Waals surface area (Å²) in [5.74, 6) is 0.0331. The first kappa shape index (κ1) is 18.1. The number of likely N-dealkylation sites (tertiary alicyclic amines) is 1. The number of rotatable bonds is 7. The molecule has 0 saturated carbocycles. The summed E-state index contributed by atoms with van der Waals surface area (Å²) in [7, 11) is 1.67. The topological polar surface area (TPSA) is 58.6 Å². The molecule has 1 aliphatic heterocycles. The van der Waals surface area contributed by atoms with E-state index in [2.05, 4.69) is 11.3 Å². The van der Waals surface area contributed by atoms with Gasteiger partial charge in [-0.15, -0.1) is 0 Å². The molecule has 0 unspecified atom stereocenters. The fourth-order valence-corrected chi connectivity index (χ4v) is 3.71. The molecule has 0 atom stereocenters. The lowest BCUT2D eigenvalue weighted by atomic mass is 9.92. The summed E-state index contributed by atoms with van der Waals surface area (Å²) >= 11 is 1.37. The summed E-state index contributed by atoms with van der Waals surface area (Å²) in [6.07, 6.45) is 5.43. The maximum Gasteiger partial charge on any atom is 0.253 e. The molecule has 5 nitrogen and oxygen atoms in total. The second kappa shape index (κ2) is 8.55. The van der Waals surface area contributed by atoms with Gasteiger partial charge >= 0.3 is 0 Å². The molecule has 2 aliphatic rings. The first-order valence-corrected chi connectivity index (χ1v) is 9.07. The zero-order valence-corrected chi connectivity index (χ0v) is 14.8. The molecule has 0 bridgehead atoms. The monoisotopic (exact) mass is 338 g/mol. The van der Waals surface area contributed by atoms with Gasteiger partial charge in [0.2, 0.25) is 5.91 Å². The minimum atomic E-state index is -0.00631. The maximum absolute atomic E-state index is 12.5. The van der Waals surface area contributed by atoms with Gasteiger partial charge in [0, 0.05) is 37.1 Å². The molecule has 0 spiro atoms. The number of carbonyl (C=O) groups is 2. The lowest BCUT2D eigenvalue weighted by Gasteiger charge is -2.39. The van der Waals surface area contributed by atoms with E-state index in [4.69, 9.17) is 4.74 Å². The second-order valence-electron chi connectivity index (χ2n) is 6.03. The molecule has 1 fully saturated rings. The van der Waals surface area contributed by atoms with Gasteiger partial charge in [0.25, 0.3) is 5.91 Å². The van der Waals surface area contributed by atoms with Crippen molar-refractivity contribution in [3.05, 3.63) is 22.6 Å². The standard InChI is InChI=1S/C17H26N2O3S/c1-4-7-16(20)18-23-15-9-6-5-8-14(15)12(2)17(21)19-10-13(11-19)22-3/h13H,2,4-11H2,1,3H3,(H,18,20). The zero-order valence-electron chi connectivity index (χ0n) is 14.0. The Kier molecular flexibility index (Phi) is 6.72. The first-order valence-electron chi connectivity index (χ1n) is 8.25. The molecule has 1 N–H and O–H groups in total. The fourth-order valence-electron chi connectivity index (χ4n) is 2.78. The molecular formula is C17H26N2O3S. The molecule has 0 radical (unpaired) electrons. The SMILES string of the molecule is C=C(C(=O)N1CC(OC)C1)C1=C(SNC(=O)CCC)CCCC1. The predicted octanol–water partition coefficient (Wildman–Crippen LogP) is 2.79. The van der Waals surface area contributed by atoms with Gasteiger partial charge in [-0.25, -0.2) is 0 Å². The van der Waals surface area contributed by atoms with Crippen LogP contribution in [0.4, 0.5) is 0 Å². The highest BCUT2D eigenvalue weighted by Gasteiger charge is 2.33. The number of ether oxygens (including phenoxy) is 1. The lowest BCUT2D eigenvalue weighted by molar-refractivity contribution is -0.138. The molecule has 0 aromatic carbocycles. The predicted molar refractivity (Wildman–Crippen MR) is 92.7 cm³/mol. The highest BCUT2D eigenvalue weighted by molar-refractivity contribution is 8.01. The Bertz CT molecular complexity index is 510. The summed E-state index contributed by atoms with van der Waals surface area (Å²) < 4.78 is 8.10. The van der Waals surface area contributed by atoms with E-state index in [1.54, 1.807) is 12.0 Å². The van der Waals surface area contributed by atoms with Crippen molar-refractivity contribution in [2.45, 2.75) is 51.6 Å². The molecule has 0 aromatic heterocycles. The third-order valence-corrected chi connectivity index (χ3v) is 5.30. The van der Waals surface area contributed by atoms with E-state index in [1.165, 1.54) is 11.9 Å². The Labute approximate surface area is 142 Å². The van der Waals surface area contributed by atoms with Crippen molar-refractivity contribution in [3.63, 3.8) is 0 Å². The summed E-state index contributed by atoms with van der Waals surface area (Å²) in [6, 6.07) is 0. The maximum atomic E-state index is 12.5. The lowest BCUT2D eigenvalue weighted by Crippen LogP contribution is -2.54. The van der Waals surface area contributed by atoms with Crippen LogP contribution in [0.3, 0.4) is 0 Å². The number of methoxy groups -OCH3 is 1. The minimum Gasteiger partial charge on any atom is -0.378 e. The molecule has 2 rings (SSSR count). The smallest absolute Gasteiger partial charge is 0.253 e. The Morgan fingerprint density at radius 2 is 2.04 bits per heavy atom. The van der Waals surface area contributed by atoms with Gasteiger partial charge in [-0.05, 0) is 49.6 Å². The van der Waals surface area contributed by atoms with Crippen molar-refractivity contribution in [2.24, 2.45) is 0 Å². The highest BCUT2D eigenvalue weighted by Crippen LogP contribution is 2.35. The van der Waals surface area contributed by atoms with E-state index >= 15 is 0 Å². The second-order valence-corrected chi connectivity index (χ2v) is 6.93. The van der Waals surface area contributed by atoms with Crippen LogP contribution in [0.25, 0.3) is 0 Å². The van der Waals surface area contributed by atoms with Gasteiger partial charge in [-0.2, -0.15) is 0 Å². The van der Waals surface area contributed by atoms with Gasteiger partial charge in [-0.3, -0.25) is 14.3 Å². The molecule has 1 heterocycles. The van der Waals surface area contributed by atoms with Crippen molar-refractivity contribution in [3.8, 4) is 0 Å². The largest absolute Gasteiger partial charge is 0.378 e. The van der Waals surface area contributed by atoms with Crippen LogP contribution in [0.15, 0.2) is 22.6 Å². The summed E-state index contributed by atoms with van der Waals surface area (Å²) in [5.41, 5.74) is 1.59. The van der Waals surface area contributed by atoms with Crippen molar-refractivity contribution in [2.75, 3.05) is 20.2 Å². The van der Waals surface area contributed by atoms with Crippen LogP contribution >= 0.6 is 11.9 Å². The van der Waals surface area contributed by atoms with E-state index in [0.717, 1.165) is 42.6 Å². The van der Waals surface area contributed by atoms with Crippen molar-refractivity contribution >= 4 is 23.8 Å². The first-order chi connectivity index (χ1) is 11.1. The molecule has 1 aliphatic carbocycles. The van der Waals surface area contributed by atoms with Gasteiger partial charge in [0.15, 0.2) is 0 Å². The van der Waals surface area contributed by atoms with E-state index in [-0.39, 0.29) is 17.9 Å². The average Bonchev–Trinajstić information content (AvgIpc) is 2.51. The van der Waals surface area contributed by atoms with Crippen LogP contribution in [-0.4, -0.2) is 43.0 Å². The molecule has 1 saturated heterocycles. The molecule has 6 heteroatoms. The van der Waals surface area contributed by atoms with Crippen molar-refractivity contribution in [1.82, 2.24) is 9.62 Å². The molecule has 2 amide bonds. The number of hydrogen-bond donors (Lipinski definition) is 1.